The summed E-state index contributed by atoms with van der Waals surface area (Å²) in [4.78, 5) is 35.6. The topological polar surface area (TPSA) is 95.9 Å². The summed E-state index contributed by atoms with van der Waals surface area (Å²) in [5.41, 5.74) is 2.88. The SMILES string of the molecule is Cc1ccc2[nH]c3c(=O)n(N=Cc4ccc5ccccc5n4)c(=O)[nH]c3c2c1. The number of aromatic amines is 2. The van der Waals surface area contributed by atoms with Gasteiger partial charge in [-0.1, -0.05) is 35.9 Å². The highest BCUT2D eigenvalue weighted by Crippen LogP contribution is 2.21. The molecule has 5 rings (SSSR count). The zero-order valence-corrected chi connectivity index (χ0v) is 14.9. The molecule has 0 aliphatic rings. The van der Waals surface area contributed by atoms with Crippen LogP contribution in [0.1, 0.15) is 11.3 Å². The van der Waals surface area contributed by atoms with Crippen LogP contribution in [0.4, 0.5) is 0 Å². The van der Waals surface area contributed by atoms with Crippen LogP contribution in [0.15, 0.2) is 69.3 Å². The van der Waals surface area contributed by atoms with Gasteiger partial charge in [0.2, 0.25) is 0 Å². The quantitative estimate of drug-likeness (QED) is 0.468. The van der Waals surface area contributed by atoms with Gasteiger partial charge in [0.1, 0.15) is 5.52 Å². The number of aryl methyl sites for hydroxylation is 1. The Morgan fingerprint density at radius 3 is 2.75 bits per heavy atom. The first kappa shape index (κ1) is 16.2. The summed E-state index contributed by atoms with van der Waals surface area (Å²) < 4.78 is 0.807. The third-order valence-electron chi connectivity index (χ3n) is 4.71. The highest BCUT2D eigenvalue weighted by atomic mass is 16.2. The van der Waals surface area contributed by atoms with Gasteiger partial charge in [-0.2, -0.15) is 5.10 Å². The maximum atomic E-state index is 12.8. The van der Waals surface area contributed by atoms with E-state index in [0.717, 1.165) is 32.0 Å². The largest absolute Gasteiger partial charge is 0.350 e. The van der Waals surface area contributed by atoms with Gasteiger partial charge in [-0.25, -0.2) is 9.78 Å². The first-order chi connectivity index (χ1) is 13.6. The van der Waals surface area contributed by atoms with E-state index in [1.807, 2.05) is 55.5 Å². The molecule has 0 bridgehead atoms. The van der Waals surface area contributed by atoms with Gasteiger partial charge in [0.25, 0.3) is 0 Å². The van der Waals surface area contributed by atoms with Gasteiger partial charge < -0.3 is 9.97 Å². The van der Waals surface area contributed by atoms with E-state index in [0.29, 0.717) is 16.7 Å². The van der Waals surface area contributed by atoms with E-state index in [-0.39, 0.29) is 0 Å². The van der Waals surface area contributed by atoms with Gasteiger partial charge >= 0.3 is 11.2 Å². The van der Waals surface area contributed by atoms with Gasteiger partial charge in [0, 0.05) is 16.3 Å². The molecule has 0 aliphatic heterocycles. The summed E-state index contributed by atoms with van der Waals surface area (Å²) in [6.45, 7) is 1.96. The van der Waals surface area contributed by atoms with Crippen molar-refractivity contribution in [1.82, 2.24) is 19.6 Å². The molecular formula is C21H15N5O2. The second kappa shape index (κ2) is 6.02. The van der Waals surface area contributed by atoms with E-state index in [2.05, 4.69) is 20.1 Å². The van der Waals surface area contributed by atoms with Crippen LogP contribution in [0, 0.1) is 6.92 Å². The molecule has 2 N–H and O–H groups in total. The molecule has 0 saturated carbocycles. The number of benzene rings is 2. The Morgan fingerprint density at radius 2 is 1.86 bits per heavy atom. The molecule has 0 amide bonds. The molecule has 5 aromatic rings. The van der Waals surface area contributed by atoms with E-state index in [1.165, 1.54) is 6.21 Å². The molecule has 136 valence electrons. The minimum atomic E-state index is -0.600. The average molecular weight is 369 g/mol. The zero-order valence-electron chi connectivity index (χ0n) is 14.9. The van der Waals surface area contributed by atoms with E-state index < -0.39 is 11.2 Å². The molecule has 7 nitrogen and oxygen atoms in total. The van der Waals surface area contributed by atoms with Crippen molar-refractivity contribution in [3.63, 3.8) is 0 Å². The van der Waals surface area contributed by atoms with Gasteiger partial charge in [-0.15, -0.1) is 4.68 Å². The summed E-state index contributed by atoms with van der Waals surface area (Å²) in [5, 5.41) is 5.88. The lowest BCUT2D eigenvalue weighted by Crippen LogP contribution is -2.32. The van der Waals surface area contributed by atoms with Crippen LogP contribution in [-0.4, -0.2) is 25.8 Å². The monoisotopic (exact) mass is 369 g/mol. The van der Waals surface area contributed by atoms with E-state index in [4.69, 9.17) is 0 Å². The number of nitrogens with zero attached hydrogens (tertiary/aromatic N) is 3. The number of H-pyrrole nitrogens is 2. The van der Waals surface area contributed by atoms with Crippen molar-refractivity contribution in [3.05, 3.63) is 86.7 Å². The molecule has 7 heteroatoms. The van der Waals surface area contributed by atoms with Crippen LogP contribution >= 0.6 is 0 Å². The van der Waals surface area contributed by atoms with Crippen molar-refractivity contribution >= 4 is 39.1 Å². The number of fused-ring (bicyclic) bond motifs is 4. The van der Waals surface area contributed by atoms with Crippen LogP contribution in [0.5, 0.6) is 0 Å². The molecule has 28 heavy (non-hydrogen) atoms. The van der Waals surface area contributed by atoms with Crippen LogP contribution < -0.4 is 11.2 Å². The highest BCUT2D eigenvalue weighted by Gasteiger charge is 2.12. The minimum Gasteiger partial charge on any atom is -0.349 e. The summed E-state index contributed by atoms with van der Waals surface area (Å²) >= 11 is 0. The molecule has 0 unspecified atom stereocenters. The molecule has 3 heterocycles. The number of nitrogens with one attached hydrogen (secondary N) is 2. The molecule has 3 aromatic heterocycles. The van der Waals surface area contributed by atoms with E-state index in [1.54, 1.807) is 6.07 Å². The Bertz CT molecular complexity index is 1520. The molecule has 0 spiro atoms. The molecule has 0 saturated heterocycles. The average Bonchev–Trinajstić information content (AvgIpc) is 3.05. The lowest BCUT2D eigenvalue weighted by molar-refractivity contribution is 0.770. The Morgan fingerprint density at radius 1 is 1.00 bits per heavy atom. The first-order valence-corrected chi connectivity index (χ1v) is 8.78. The molecule has 0 radical (unpaired) electrons. The van der Waals surface area contributed by atoms with Crippen LogP contribution in [0.3, 0.4) is 0 Å². The first-order valence-electron chi connectivity index (χ1n) is 8.78. The van der Waals surface area contributed by atoms with Crippen molar-refractivity contribution < 1.29 is 0 Å². The van der Waals surface area contributed by atoms with Crippen molar-refractivity contribution in [1.29, 1.82) is 0 Å². The molecule has 0 atom stereocenters. The summed E-state index contributed by atoms with van der Waals surface area (Å²) in [5.74, 6) is 0. The third-order valence-corrected chi connectivity index (χ3v) is 4.71. The van der Waals surface area contributed by atoms with Gasteiger partial charge in [-0.3, -0.25) is 4.79 Å². The molecule has 0 fully saturated rings. The number of pyridine rings is 1. The second-order valence-electron chi connectivity index (χ2n) is 6.64. The second-order valence-corrected chi connectivity index (χ2v) is 6.64. The standard InChI is InChI=1S/C21H15N5O2/c1-12-6-9-17-15(10-12)18-19(24-17)20(27)26(21(28)25-18)22-11-14-8-7-13-4-2-3-5-16(13)23-14/h2-11,24H,1H3,(H,25,28). The molecule has 2 aromatic carbocycles. The predicted octanol–water partition coefficient (Wildman–Crippen LogP) is 2.91. The number of rotatable bonds is 2. The van der Waals surface area contributed by atoms with Crippen molar-refractivity contribution in [2.24, 2.45) is 5.10 Å². The fourth-order valence-electron chi connectivity index (χ4n) is 3.33. The summed E-state index contributed by atoms with van der Waals surface area (Å²) in [6.07, 6.45) is 1.40. The predicted molar refractivity (Wildman–Crippen MR) is 110 cm³/mol. The highest BCUT2D eigenvalue weighted by molar-refractivity contribution is 6.04. The van der Waals surface area contributed by atoms with Crippen LogP contribution in [0.2, 0.25) is 0 Å². The lowest BCUT2D eigenvalue weighted by Gasteiger charge is -1.99. The Labute approximate surface area is 158 Å². The number of hydrogen-bond donors (Lipinski definition) is 2. The lowest BCUT2D eigenvalue weighted by atomic mass is 10.2. The normalized spacial score (nSPS) is 11.9. The van der Waals surface area contributed by atoms with Gasteiger partial charge in [0.05, 0.1) is 22.9 Å². The summed E-state index contributed by atoms with van der Waals surface area (Å²) in [7, 11) is 0. The van der Waals surface area contributed by atoms with E-state index >= 15 is 0 Å². The third kappa shape index (κ3) is 2.52. The minimum absolute atomic E-state index is 0.309. The Hall–Kier alpha value is -4.00. The fraction of sp³-hybridized carbons (Fsp3) is 0.0476. The van der Waals surface area contributed by atoms with Crippen molar-refractivity contribution in [3.8, 4) is 0 Å². The Kier molecular flexibility index (Phi) is 3.48. The van der Waals surface area contributed by atoms with E-state index in [9.17, 15) is 9.59 Å². The molecular weight excluding hydrogens is 354 g/mol. The van der Waals surface area contributed by atoms with Crippen LogP contribution in [-0.2, 0) is 0 Å². The smallest absolute Gasteiger partial charge is 0.349 e. The number of para-hydroxylation sites is 1. The van der Waals surface area contributed by atoms with Gasteiger partial charge in [-0.05, 0) is 31.2 Å². The maximum Gasteiger partial charge on any atom is 0.350 e. The van der Waals surface area contributed by atoms with Crippen molar-refractivity contribution in [2.45, 2.75) is 6.92 Å². The van der Waals surface area contributed by atoms with Crippen LogP contribution in [0.25, 0.3) is 32.8 Å². The molecule has 0 aliphatic carbocycles. The van der Waals surface area contributed by atoms with Gasteiger partial charge in [0.15, 0.2) is 0 Å². The fourth-order valence-corrected chi connectivity index (χ4v) is 3.33. The summed E-state index contributed by atoms with van der Waals surface area (Å²) in [6, 6.07) is 17.2. The number of aromatic nitrogens is 4. The number of hydrogen-bond acceptors (Lipinski definition) is 4. The Balaban J connectivity index is 1.65. The zero-order chi connectivity index (χ0) is 19.3. The maximum absolute atomic E-state index is 12.8. The van der Waals surface area contributed by atoms with Crippen molar-refractivity contribution in [2.75, 3.05) is 0 Å².